The molecule has 0 radical (unpaired) electrons. The van der Waals surface area contributed by atoms with E-state index >= 15 is 8.78 Å². The second kappa shape index (κ2) is 10.5. The maximum absolute atomic E-state index is 15.2. The Morgan fingerprint density at radius 1 is 1.02 bits per heavy atom. The monoisotopic (exact) mass is 616 g/mol. The van der Waals surface area contributed by atoms with E-state index in [4.69, 9.17) is 30.0 Å². The van der Waals surface area contributed by atoms with Crippen LogP contribution in [-0.2, 0) is 23.1 Å². The molecule has 9 atom stereocenters. The van der Waals surface area contributed by atoms with Crippen molar-refractivity contribution in [3.05, 3.63) is 29.3 Å². The number of nitrogens with two attached hydrogens (primary N) is 2. The van der Waals surface area contributed by atoms with E-state index in [-0.39, 0.29) is 34.1 Å². The number of aliphatic hydroxyl groups excluding tert-OH is 2. The predicted molar refractivity (Wildman–Crippen MR) is 134 cm³/mol. The Labute approximate surface area is 231 Å². The Balaban J connectivity index is 1.19. The number of hydrogen-bond donors (Lipinski definition) is 6. The second-order valence-electron chi connectivity index (χ2n) is 9.38. The van der Waals surface area contributed by atoms with Crippen LogP contribution in [-0.4, -0.2) is 104 Å². The SMILES string of the molecule is Nc1nc2c(ncn2[C@@H]2O[C@H](CO)[C@@H](F)[C@H]2OP(=O)(O)OC[C@H]2O[C@@H](n3cnc4c(N)ncnc43)[C@@H](F)[C@@H]2O)c(=O)[nH]1. The maximum Gasteiger partial charge on any atom is 0.472 e. The molecule has 4 aromatic heterocycles. The molecule has 8 N–H and O–H groups in total. The van der Waals surface area contributed by atoms with Crippen molar-refractivity contribution in [2.45, 2.75) is 49.2 Å². The van der Waals surface area contributed by atoms with Crippen LogP contribution in [0.3, 0.4) is 0 Å². The van der Waals surface area contributed by atoms with E-state index in [9.17, 15) is 24.5 Å². The number of H-pyrrole nitrogens is 1. The Morgan fingerprint density at radius 2 is 1.71 bits per heavy atom. The number of phosphoric acid groups is 1. The first-order valence-corrected chi connectivity index (χ1v) is 13.7. The van der Waals surface area contributed by atoms with Gasteiger partial charge < -0.3 is 36.0 Å². The van der Waals surface area contributed by atoms with Crippen molar-refractivity contribution < 1.29 is 47.0 Å². The molecule has 0 amide bonds. The van der Waals surface area contributed by atoms with E-state index in [1.807, 2.05) is 0 Å². The zero-order chi connectivity index (χ0) is 29.9. The highest BCUT2D eigenvalue weighted by Gasteiger charge is 2.51. The number of aliphatic hydroxyl groups is 2. The van der Waals surface area contributed by atoms with Crippen LogP contribution in [0, 0.1) is 0 Å². The summed E-state index contributed by atoms with van der Waals surface area (Å²) in [5, 5.41) is 20.0. The van der Waals surface area contributed by atoms with Crippen molar-refractivity contribution in [3.8, 4) is 0 Å². The molecule has 0 bridgehead atoms. The topological polar surface area (TPSA) is 274 Å². The fourth-order valence-corrected chi connectivity index (χ4v) is 5.71. The zero-order valence-electron chi connectivity index (χ0n) is 21.0. The number of anilines is 2. The number of nitrogen functional groups attached to an aromatic ring is 2. The standard InChI is InChI=1S/C20H23F2N10O9P/c21-8-6(1-33)39-19(32-5-28-11-16(32)29-20(24)30-17(11)35)13(8)41-42(36,37)38-2-7-12(34)9(22)18(40-7)31-4-27-10-14(23)25-3-26-15(10)31/h3-9,12-13,18-19,33-34H,1-2H2,(H,36,37)(H2,23,25,26)(H3,24,29,30,35)/t6-,7-,8-,9+,12-,13-,18-,19-/m1/s1. The molecule has 2 saturated heterocycles. The molecule has 2 fully saturated rings. The van der Waals surface area contributed by atoms with Gasteiger partial charge in [-0.15, -0.1) is 0 Å². The third-order valence-electron chi connectivity index (χ3n) is 6.78. The van der Waals surface area contributed by atoms with Gasteiger partial charge in [0.1, 0.15) is 36.3 Å². The molecule has 0 aromatic carbocycles. The van der Waals surface area contributed by atoms with Gasteiger partial charge in [-0.1, -0.05) is 0 Å². The summed E-state index contributed by atoms with van der Waals surface area (Å²) in [4.78, 5) is 44.4. The Hall–Kier alpha value is -3.69. The summed E-state index contributed by atoms with van der Waals surface area (Å²) in [6.07, 6.45) is -10.6. The van der Waals surface area contributed by atoms with E-state index in [0.29, 0.717) is 0 Å². The highest BCUT2D eigenvalue weighted by Crippen LogP contribution is 2.50. The number of ether oxygens (including phenoxy) is 2. The van der Waals surface area contributed by atoms with E-state index in [1.165, 1.54) is 10.9 Å². The molecule has 2 aliphatic rings. The first-order chi connectivity index (χ1) is 20.0. The van der Waals surface area contributed by atoms with Gasteiger partial charge in [0.25, 0.3) is 5.56 Å². The van der Waals surface area contributed by atoms with Gasteiger partial charge in [-0.25, -0.2) is 33.3 Å². The number of alkyl halides is 2. The third kappa shape index (κ3) is 4.78. The number of hydrogen-bond acceptors (Lipinski definition) is 15. The molecular formula is C20H23F2N10O9P. The fraction of sp³-hybridized carbons (Fsp3) is 0.500. The fourth-order valence-electron chi connectivity index (χ4n) is 4.78. The molecule has 6 heterocycles. The van der Waals surface area contributed by atoms with E-state index < -0.39 is 75.8 Å². The minimum absolute atomic E-state index is 0.0319. The van der Waals surface area contributed by atoms with Gasteiger partial charge in [0, 0.05) is 0 Å². The maximum atomic E-state index is 15.2. The number of fused-ring (bicyclic) bond motifs is 2. The molecule has 0 spiro atoms. The van der Waals surface area contributed by atoms with Crippen molar-refractivity contribution in [1.82, 2.24) is 39.0 Å². The molecule has 19 nitrogen and oxygen atoms in total. The molecule has 1 unspecified atom stereocenters. The van der Waals surface area contributed by atoms with Gasteiger partial charge >= 0.3 is 7.82 Å². The van der Waals surface area contributed by atoms with Crippen LogP contribution in [0.1, 0.15) is 12.5 Å². The van der Waals surface area contributed by atoms with E-state index in [1.54, 1.807) is 0 Å². The summed E-state index contributed by atoms with van der Waals surface area (Å²) in [5.41, 5.74) is 10.6. The second-order valence-corrected chi connectivity index (χ2v) is 10.8. The number of halogens is 2. The molecule has 42 heavy (non-hydrogen) atoms. The minimum atomic E-state index is -5.18. The highest BCUT2D eigenvalue weighted by atomic mass is 31.2. The van der Waals surface area contributed by atoms with Crippen LogP contribution in [0.15, 0.2) is 23.8 Å². The average Bonchev–Trinajstić information content (AvgIpc) is 3.69. The van der Waals surface area contributed by atoms with Crippen LogP contribution >= 0.6 is 7.82 Å². The Bertz CT molecular complexity index is 1740. The van der Waals surface area contributed by atoms with Gasteiger partial charge in [-0.3, -0.25) is 28.0 Å². The summed E-state index contributed by atoms with van der Waals surface area (Å²) in [6.45, 7) is -1.70. The van der Waals surface area contributed by atoms with Crippen LogP contribution < -0.4 is 17.0 Å². The smallest absolute Gasteiger partial charge is 0.394 e. The van der Waals surface area contributed by atoms with E-state index in [2.05, 4.69) is 29.9 Å². The lowest BCUT2D eigenvalue weighted by atomic mass is 10.1. The number of nitrogens with zero attached hydrogens (tertiary/aromatic N) is 7. The molecule has 226 valence electrons. The lowest BCUT2D eigenvalue weighted by molar-refractivity contribution is -0.0600. The van der Waals surface area contributed by atoms with Crippen LogP contribution in [0.25, 0.3) is 22.3 Å². The summed E-state index contributed by atoms with van der Waals surface area (Å²) >= 11 is 0. The van der Waals surface area contributed by atoms with Crippen LogP contribution in [0.4, 0.5) is 20.5 Å². The number of phosphoric ester groups is 1. The lowest BCUT2D eigenvalue weighted by Gasteiger charge is -2.24. The van der Waals surface area contributed by atoms with E-state index in [0.717, 1.165) is 17.2 Å². The van der Waals surface area contributed by atoms with Gasteiger partial charge in [-0.2, -0.15) is 4.98 Å². The predicted octanol–water partition coefficient (Wildman–Crippen LogP) is -1.55. The molecular weight excluding hydrogens is 593 g/mol. The zero-order valence-corrected chi connectivity index (χ0v) is 21.9. The third-order valence-corrected chi connectivity index (χ3v) is 7.77. The summed E-state index contributed by atoms with van der Waals surface area (Å²) < 4.78 is 66.4. The number of aromatic nitrogens is 8. The van der Waals surface area contributed by atoms with Crippen molar-refractivity contribution >= 4 is 41.9 Å². The Morgan fingerprint density at radius 3 is 2.45 bits per heavy atom. The largest absolute Gasteiger partial charge is 0.472 e. The number of nitrogens with one attached hydrogen (secondary N) is 1. The molecule has 0 saturated carbocycles. The van der Waals surface area contributed by atoms with Gasteiger partial charge in [-0.05, 0) is 0 Å². The molecule has 0 aliphatic carbocycles. The van der Waals surface area contributed by atoms with Crippen molar-refractivity contribution in [2.75, 3.05) is 24.7 Å². The van der Waals surface area contributed by atoms with Gasteiger partial charge in [0.15, 0.2) is 47.4 Å². The highest BCUT2D eigenvalue weighted by molar-refractivity contribution is 7.47. The molecule has 4 aromatic rings. The minimum Gasteiger partial charge on any atom is -0.394 e. The first kappa shape index (κ1) is 28.4. The van der Waals surface area contributed by atoms with Crippen molar-refractivity contribution in [2.24, 2.45) is 0 Å². The molecule has 2 aliphatic heterocycles. The lowest BCUT2D eigenvalue weighted by Crippen LogP contribution is -2.33. The first-order valence-electron chi connectivity index (χ1n) is 12.2. The summed E-state index contributed by atoms with van der Waals surface area (Å²) in [5.74, 6) is -0.264. The quantitative estimate of drug-likeness (QED) is 0.122. The van der Waals surface area contributed by atoms with Gasteiger partial charge in [0.05, 0.1) is 25.9 Å². The Kier molecular flexibility index (Phi) is 7.14. The normalized spacial score (nSPS) is 31.3. The number of rotatable bonds is 8. The van der Waals surface area contributed by atoms with Crippen LogP contribution in [0.5, 0.6) is 0 Å². The number of imidazole rings is 2. The summed E-state index contributed by atoms with van der Waals surface area (Å²) in [6, 6.07) is 0. The average molecular weight is 616 g/mol. The molecule has 22 heteroatoms. The van der Waals surface area contributed by atoms with Gasteiger partial charge in [0.2, 0.25) is 5.95 Å². The van der Waals surface area contributed by atoms with Crippen molar-refractivity contribution in [3.63, 3.8) is 0 Å². The summed E-state index contributed by atoms with van der Waals surface area (Å²) in [7, 11) is -5.18. The van der Waals surface area contributed by atoms with Crippen molar-refractivity contribution in [1.29, 1.82) is 0 Å². The number of aromatic amines is 1. The van der Waals surface area contributed by atoms with Crippen LogP contribution in [0.2, 0.25) is 0 Å². The molecule has 6 rings (SSSR count).